The number of rotatable bonds is 4. The van der Waals surface area contributed by atoms with E-state index in [0.717, 1.165) is 5.56 Å². The molecule has 0 aliphatic carbocycles. The van der Waals surface area contributed by atoms with Crippen molar-refractivity contribution in [3.63, 3.8) is 0 Å². The van der Waals surface area contributed by atoms with Gasteiger partial charge in [-0.05, 0) is 24.6 Å². The lowest BCUT2D eigenvalue weighted by Gasteiger charge is -1.97. The molecule has 0 heterocycles. The number of hydrogen-bond donors (Lipinski definition) is 0. The van der Waals surface area contributed by atoms with Crippen LogP contribution in [0.2, 0.25) is 10.0 Å². The summed E-state index contributed by atoms with van der Waals surface area (Å²) in [5, 5.41) is 1.16. The van der Waals surface area contributed by atoms with E-state index in [9.17, 15) is 4.79 Å². The van der Waals surface area contributed by atoms with Crippen LogP contribution in [0.1, 0.15) is 12.5 Å². The number of esters is 1. The Morgan fingerprint density at radius 1 is 1.35 bits per heavy atom. The van der Waals surface area contributed by atoms with Crippen LogP contribution in [0.4, 0.5) is 0 Å². The van der Waals surface area contributed by atoms with Gasteiger partial charge < -0.3 is 4.74 Å². The predicted octanol–water partition coefficient (Wildman–Crippen LogP) is 4.13. The van der Waals surface area contributed by atoms with E-state index in [1.165, 1.54) is 6.08 Å². The molecule has 0 bridgehead atoms. The largest absolute Gasteiger partial charge is 0.463 e. The predicted molar refractivity (Wildman–Crippen MR) is 71.3 cm³/mol. The van der Waals surface area contributed by atoms with Gasteiger partial charge in [0.1, 0.15) is 0 Å². The minimum Gasteiger partial charge on any atom is -0.463 e. The molecule has 1 aromatic carbocycles. The number of halogens is 2. The van der Waals surface area contributed by atoms with Gasteiger partial charge in [0.15, 0.2) is 0 Å². The first-order valence-electron chi connectivity index (χ1n) is 5.10. The van der Waals surface area contributed by atoms with E-state index < -0.39 is 0 Å². The van der Waals surface area contributed by atoms with Crippen LogP contribution in [0.15, 0.2) is 36.4 Å². The van der Waals surface area contributed by atoms with Gasteiger partial charge in [0, 0.05) is 16.1 Å². The Kier molecular flexibility index (Phi) is 5.81. The maximum Gasteiger partial charge on any atom is 0.330 e. The Labute approximate surface area is 110 Å². The SMILES string of the molecule is CCOC(=O)C=CC=Cc1ccc(Cl)cc1Cl. The highest BCUT2D eigenvalue weighted by Gasteiger charge is 1.96. The molecule has 90 valence electrons. The fourth-order valence-electron chi connectivity index (χ4n) is 1.12. The second-order valence-electron chi connectivity index (χ2n) is 3.14. The summed E-state index contributed by atoms with van der Waals surface area (Å²) in [5.41, 5.74) is 0.838. The third-order valence-electron chi connectivity index (χ3n) is 1.87. The van der Waals surface area contributed by atoms with Crippen LogP contribution in [-0.4, -0.2) is 12.6 Å². The van der Waals surface area contributed by atoms with Crippen LogP contribution >= 0.6 is 23.2 Å². The topological polar surface area (TPSA) is 26.3 Å². The van der Waals surface area contributed by atoms with Gasteiger partial charge >= 0.3 is 5.97 Å². The van der Waals surface area contributed by atoms with Gasteiger partial charge in [-0.1, -0.05) is 47.5 Å². The Morgan fingerprint density at radius 2 is 2.12 bits per heavy atom. The highest BCUT2D eigenvalue weighted by molar-refractivity contribution is 6.35. The summed E-state index contributed by atoms with van der Waals surface area (Å²) >= 11 is 11.7. The highest BCUT2D eigenvalue weighted by atomic mass is 35.5. The average molecular weight is 271 g/mol. The summed E-state index contributed by atoms with van der Waals surface area (Å²) in [6.45, 7) is 2.13. The second kappa shape index (κ2) is 7.15. The number of benzene rings is 1. The molecule has 0 aliphatic heterocycles. The third kappa shape index (κ3) is 5.07. The third-order valence-corrected chi connectivity index (χ3v) is 2.43. The Hall–Kier alpha value is -1.25. The van der Waals surface area contributed by atoms with E-state index >= 15 is 0 Å². The van der Waals surface area contributed by atoms with Crippen LogP contribution in [0.25, 0.3) is 6.08 Å². The molecule has 17 heavy (non-hydrogen) atoms. The first kappa shape index (κ1) is 13.8. The maximum atomic E-state index is 11.0. The standard InChI is InChI=1S/C13H12Cl2O2/c1-2-17-13(16)6-4-3-5-10-7-8-11(14)9-12(10)15/h3-9H,2H2,1H3. The average Bonchev–Trinajstić information content (AvgIpc) is 2.27. The first-order valence-corrected chi connectivity index (χ1v) is 5.85. The first-order chi connectivity index (χ1) is 8.13. The van der Waals surface area contributed by atoms with Crippen molar-refractivity contribution in [1.82, 2.24) is 0 Å². The second-order valence-corrected chi connectivity index (χ2v) is 3.98. The van der Waals surface area contributed by atoms with Crippen molar-refractivity contribution in [3.05, 3.63) is 52.0 Å². The summed E-state index contributed by atoms with van der Waals surface area (Å²) in [6.07, 6.45) is 6.45. The summed E-state index contributed by atoms with van der Waals surface area (Å²) in [4.78, 5) is 11.0. The highest BCUT2D eigenvalue weighted by Crippen LogP contribution is 2.21. The van der Waals surface area contributed by atoms with Crippen molar-refractivity contribution < 1.29 is 9.53 Å². The van der Waals surface area contributed by atoms with Crippen molar-refractivity contribution in [2.24, 2.45) is 0 Å². The summed E-state index contributed by atoms with van der Waals surface area (Å²) in [7, 11) is 0. The fraction of sp³-hybridized carbons (Fsp3) is 0.154. The van der Waals surface area contributed by atoms with Gasteiger partial charge in [0.2, 0.25) is 0 Å². The quantitative estimate of drug-likeness (QED) is 0.467. The minimum atomic E-state index is -0.362. The van der Waals surface area contributed by atoms with Crippen molar-refractivity contribution in [2.75, 3.05) is 6.61 Å². The molecule has 1 rings (SSSR count). The Morgan fingerprint density at radius 3 is 2.76 bits per heavy atom. The minimum absolute atomic E-state index is 0.362. The molecule has 0 amide bonds. The lowest BCUT2D eigenvalue weighted by molar-refractivity contribution is -0.137. The number of hydrogen-bond acceptors (Lipinski definition) is 2. The van der Waals surface area contributed by atoms with E-state index in [1.54, 1.807) is 43.4 Å². The molecule has 0 aliphatic rings. The molecule has 0 saturated heterocycles. The van der Waals surface area contributed by atoms with Gasteiger partial charge in [-0.15, -0.1) is 0 Å². The number of carbonyl (C=O) groups excluding carboxylic acids is 1. The fourth-order valence-corrected chi connectivity index (χ4v) is 1.59. The molecule has 0 aromatic heterocycles. The zero-order valence-electron chi connectivity index (χ0n) is 9.32. The normalized spacial score (nSPS) is 11.2. The van der Waals surface area contributed by atoms with Gasteiger partial charge in [-0.2, -0.15) is 0 Å². The maximum absolute atomic E-state index is 11.0. The van der Waals surface area contributed by atoms with Crippen molar-refractivity contribution >= 4 is 35.2 Å². The van der Waals surface area contributed by atoms with E-state index in [0.29, 0.717) is 16.7 Å². The van der Waals surface area contributed by atoms with Crippen molar-refractivity contribution in [3.8, 4) is 0 Å². The van der Waals surface area contributed by atoms with Gasteiger partial charge in [0.05, 0.1) is 6.61 Å². The van der Waals surface area contributed by atoms with Gasteiger partial charge in [-0.3, -0.25) is 0 Å². The number of ether oxygens (including phenoxy) is 1. The molecule has 0 saturated carbocycles. The lowest BCUT2D eigenvalue weighted by Crippen LogP contribution is -1.98. The van der Waals surface area contributed by atoms with Crippen LogP contribution in [-0.2, 0) is 9.53 Å². The zero-order valence-corrected chi connectivity index (χ0v) is 10.8. The number of carbonyl (C=O) groups is 1. The molecule has 0 spiro atoms. The monoisotopic (exact) mass is 270 g/mol. The van der Waals surface area contributed by atoms with Gasteiger partial charge in [0.25, 0.3) is 0 Å². The van der Waals surface area contributed by atoms with Gasteiger partial charge in [-0.25, -0.2) is 4.79 Å². The molecule has 0 N–H and O–H groups in total. The molecule has 2 nitrogen and oxygen atoms in total. The Bertz CT molecular complexity index is 451. The molecule has 1 aromatic rings. The molecular formula is C13H12Cl2O2. The lowest BCUT2D eigenvalue weighted by atomic mass is 10.2. The molecule has 4 heteroatoms. The van der Waals surface area contributed by atoms with Crippen molar-refractivity contribution in [2.45, 2.75) is 6.92 Å². The molecule has 0 unspecified atom stereocenters. The summed E-state index contributed by atoms with van der Waals surface area (Å²) < 4.78 is 4.73. The van der Waals surface area contributed by atoms with Crippen LogP contribution < -0.4 is 0 Å². The van der Waals surface area contributed by atoms with E-state index in [-0.39, 0.29) is 5.97 Å². The molecule has 0 fully saturated rings. The summed E-state index contributed by atoms with van der Waals surface area (Å²) in [6, 6.07) is 5.22. The van der Waals surface area contributed by atoms with Crippen molar-refractivity contribution in [1.29, 1.82) is 0 Å². The Balaban J connectivity index is 2.62. The van der Waals surface area contributed by atoms with E-state index in [2.05, 4.69) is 0 Å². The van der Waals surface area contributed by atoms with Crippen LogP contribution in [0.3, 0.4) is 0 Å². The molecule has 0 atom stereocenters. The number of allylic oxidation sites excluding steroid dienone is 2. The smallest absolute Gasteiger partial charge is 0.330 e. The molecule has 0 radical (unpaired) electrons. The zero-order chi connectivity index (χ0) is 12.7. The molecular weight excluding hydrogens is 259 g/mol. The van der Waals surface area contributed by atoms with Crippen LogP contribution in [0, 0.1) is 0 Å². The van der Waals surface area contributed by atoms with E-state index in [1.807, 2.05) is 0 Å². The summed E-state index contributed by atoms with van der Waals surface area (Å²) in [5.74, 6) is -0.362. The van der Waals surface area contributed by atoms with Crippen LogP contribution in [0.5, 0.6) is 0 Å². The van der Waals surface area contributed by atoms with E-state index in [4.69, 9.17) is 27.9 Å².